The third-order valence-electron chi connectivity index (χ3n) is 4.94. The Labute approximate surface area is 145 Å². The van der Waals surface area contributed by atoms with Crippen LogP contribution in [0.4, 0.5) is 5.82 Å². The molecule has 0 radical (unpaired) electrons. The van der Waals surface area contributed by atoms with Crippen molar-refractivity contribution in [2.45, 2.75) is 32.6 Å². The highest BCUT2D eigenvalue weighted by molar-refractivity contribution is 5.41. The van der Waals surface area contributed by atoms with Crippen LogP contribution in [0.15, 0.2) is 6.07 Å². The van der Waals surface area contributed by atoms with Gasteiger partial charge in [0, 0.05) is 43.9 Å². The maximum Gasteiger partial charge on any atom is 0.132 e. The second-order valence-electron chi connectivity index (χ2n) is 6.61. The largest absolute Gasteiger partial charge is 0.380 e. The molecule has 2 aliphatic rings. The summed E-state index contributed by atoms with van der Waals surface area (Å²) in [5, 5.41) is 0. The summed E-state index contributed by atoms with van der Waals surface area (Å²) in [7, 11) is 0. The van der Waals surface area contributed by atoms with Crippen LogP contribution in [-0.2, 0) is 9.47 Å². The molecule has 6 heteroatoms. The Bertz CT molecular complexity index is 512. The van der Waals surface area contributed by atoms with E-state index in [0.29, 0.717) is 5.92 Å². The third kappa shape index (κ3) is 4.65. The van der Waals surface area contributed by atoms with Gasteiger partial charge >= 0.3 is 0 Å². The molecule has 24 heavy (non-hydrogen) atoms. The first-order chi connectivity index (χ1) is 11.8. The number of anilines is 1. The number of hydrogen-bond acceptors (Lipinski definition) is 6. The Morgan fingerprint density at radius 2 is 1.92 bits per heavy atom. The van der Waals surface area contributed by atoms with E-state index in [1.807, 2.05) is 6.92 Å². The summed E-state index contributed by atoms with van der Waals surface area (Å²) in [5.41, 5.74) is 1.22. The van der Waals surface area contributed by atoms with Crippen molar-refractivity contribution < 1.29 is 9.47 Å². The van der Waals surface area contributed by atoms with Gasteiger partial charge in [-0.1, -0.05) is 0 Å². The van der Waals surface area contributed by atoms with Crippen molar-refractivity contribution in [3.63, 3.8) is 0 Å². The Kier molecular flexibility index (Phi) is 6.40. The van der Waals surface area contributed by atoms with Crippen molar-refractivity contribution in [3.8, 4) is 0 Å². The molecule has 0 aromatic carbocycles. The summed E-state index contributed by atoms with van der Waals surface area (Å²) in [5.74, 6) is 2.50. The van der Waals surface area contributed by atoms with Crippen molar-refractivity contribution >= 4 is 5.82 Å². The average molecular weight is 334 g/mol. The number of aromatic nitrogens is 2. The first-order valence-corrected chi connectivity index (χ1v) is 9.24. The van der Waals surface area contributed by atoms with E-state index in [-0.39, 0.29) is 0 Å². The second-order valence-corrected chi connectivity index (χ2v) is 6.61. The van der Waals surface area contributed by atoms with Crippen LogP contribution in [-0.4, -0.2) is 74.0 Å². The zero-order chi connectivity index (χ0) is 16.8. The fourth-order valence-corrected chi connectivity index (χ4v) is 3.53. The number of nitrogens with zero attached hydrogens (tertiary/aromatic N) is 4. The van der Waals surface area contributed by atoms with Gasteiger partial charge in [-0.25, -0.2) is 9.97 Å². The van der Waals surface area contributed by atoms with Crippen molar-refractivity contribution in [3.05, 3.63) is 17.6 Å². The summed E-state index contributed by atoms with van der Waals surface area (Å²) in [6.45, 7) is 12.4. The van der Waals surface area contributed by atoms with Gasteiger partial charge in [-0.05, 0) is 39.8 Å². The van der Waals surface area contributed by atoms with Crippen molar-refractivity contribution in [1.82, 2.24) is 14.9 Å². The van der Waals surface area contributed by atoms with Crippen LogP contribution in [0.3, 0.4) is 0 Å². The number of likely N-dealkylation sites (tertiary alicyclic amines) is 1. The van der Waals surface area contributed by atoms with Gasteiger partial charge in [-0.15, -0.1) is 0 Å². The molecule has 1 aromatic heterocycles. The molecule has 0 N–H and O–H groups in total. The van der Waals surface area contributed by atoms with Gasteiger partial charge in [0.2, 0.25) is 0 Å². The number of piperidine rings is 1. The molecule has 0 spiro atoms. The quantitative estimate of drug-likeness (QED) is 0.740. The molecule has 0 amide bonds. The molecule has 134 valence electrons. The van der Waals surface area contributed by atoms with Crippen LogP contribution in [0.1, 0.15) is 37.2 Å². The monoisotopic (exact) mass is 334 g/mol. The molecule has 3 heterocycles. The minimum atomic E-state index is 0.551. The van der Waals surface area contributed by atoms with Gasteiger partial charge in [0.1, 0.15) is 11.6 Å². The van der Waals surface area contributed by atoms with Crippen LogP contribution in [0.2, 0.25) is 0 Å². The van der Waals surface area contributed by atoms with Gasteiger partial charge in [0.25, 0.3) is 0 Å². The second kappa shape index (κ2) is 8.74. The summed E-state index contributed by atoms with van der Waals surface area (Å²) >= 11 is 0. The smallest absolute Gasteiger partial charge is 0.132 e. The Morgan fingerprint density at radius 3 is 2.62 bits per heavy atom. The summed E-state index contributed by atoms with van der Waals surface area (Å²) in [6, 6.07) is 2.21. The zero-order valence-corrected chi connectivity index (χ0v) is 15.0. The van der Waals surface area contributed by atoms with Crippen molar-refractivity contribution in [2.24, 2.45) is 0 Å². The minimum absolute atomic E-state index is 0.551. The molecule has 2 saturated heterocycles. The zero-order valence-electron chi connectivity index (χ0n) is 15.0. The number of aryl methyl sites for hydroxylation is 1. The summed E-state index contributed by atoms with van der Waals surface area (Å²) in [4.78, 5) is 14.2. The predicted molar refractivity (Wildman–Crippen MR) is 94.7 cm³/mol. The van der Waals surface area contributed by atoms with Gasteiger partial charge in [0.05, 0.1) is 19.8 Å². The van der Waals surface area contributed by atoms with Crippen LogP contribution in [0.5, 0.6) is 0 Å². The SMILES string of the molecule is CCOCCN1CCC(c2cc(N3CCOCC3)nc(C)n2)CC1. The van der Waals surface area contributed by atoms with Gasteiger partial charge < -0.3 is 19.3 Å². The molecule has 0 saturated carbocycles. The third-order valence-corrected chi connectivity index (χ3v) is 4.94. The van der Waals surface area contributed by atoms with Crippen molar-refractivity contribution in [2.75, 3.05) is 64.1 Å². The number of hydrogen-bond donors (Lipinski definition) is 0. The van der Waals surface area contributed by atoms with E-state index in [4.69, 9.17) is 14.5 Å². The van der Waals surface area contributed by atoms with Gasteiger partial charge in [0.15, 0.2) is 0 Å². The molecule has 1 aromatic rings. The lowest BCUT2D eigenvalue weighted by Gasteiger charge is -2.32. The van der Waals surface area contributed by atoms with E-state index in [1.54, 1.807) is 0 Å². The van der Waals surface area contributed by atoms with E-state index in [2.05, 4.69) is 27.8 Å². The molecule has 0 atom stereocenters. The molecule has 3 rings (SSSR count). The number of ether oxygens (including phenoxy) is 2. The molecule has 6 nitrogen and oxygen atoms in total. The lowest BCUT2D eigenvalue weighted by atomic mass is 9.93. The topological polar surface area (TPSA) is 50.7 Å². The van der Waals surface area contributed by atoms with Gasteiger partial charge in [-0.3, -0.25) is 0 Å². The number of rotatable bonds is 6. The Hall–Kier alpha value is -1.24. The summed E-state index contributed by atoms with van der Waals surface area (Å²) in [6.07, 6.45) is 2.34. The van der Waals surface area contributed by atoms with E-state index in [1.165, 1.54) is 18.5 Å². The highest BCUT2D eigenvalue weighted by Gasteiger charge is 2.23. The van der Waals surface area contributed by atoms with Crippen LogP contribution >= 0.6 is 0 Å². The molecule has 0 aliphatic carbocycles. The maximum atomic E-state index is 5.47. The normalized spacial score (nSPS) is 20.5. The van der Waals surface area contributed by atoms with Gasteiger partial charge in [-0.2, -0.15) is 0 Å². The average Bonchev–Trinajstić information content (AvgIpc) is 2.63. The highest BCUT2D eigenvalue weighted by atomic mass is 16.5. The molecule has 0 bridgehead atoms. The Morgan fingerprint density at radius 1 is 1.17 bits per heavy atom. The standard InChI is InChI=1S/C18H30N4O2/c1-3-23-11-8-21-6-4-16(5-7-21)17-14-18(20-15(2)19-17)22-9-12-24-13-10-22/h14,16H,3-13H2,1-2H3. The molecule has 2 fully saturated rings. The fraction of sp³-hybridized carbons (Fsp3) is 0.778. The molecule has 2 aliphatic heterocycles. The fourth-order valence-electron chi connectivity index (χ4n) is 3.53. The first kappa shape index (κ1) is 17.6. The lowest BCUT2D eigenvalue weighted by molar-refractivity contribution is 0.102. The van der Waals surface area contributed by atoms with E-state index in [9.17, 15) is 0 Å². The minimum Gasteiger partial charge on any atom is -0.380 e. The van der Waals surface area contributed by atoms with E-state index in [0.717, 1.165) is 70.8 Å². The first-order valence-electron chi connectivity index (χ1n) is 9.24. The highest BCUT2D eigenvalue weighted by Crippen LogP contribution is 2.28. The van der Waals surface area contributed by atoms with Crippen LogP contribution in [0.25, 0.3) is 0 Å². The van der Waals surface area contributed by atoms with Crippen molar-refractivity contribution in [1.29, 1.82) is 0 Å². The van der Waals surface area contributed by atoms with E-state index < -0.39 is 0 Å². The van der Waals surface area contributed by atoms with Crippen LogP contribution < -0.4 is 4.90 Å². The number of morpholine rings is 1. The summed E-state index contributed by atoms with van der Waals surface area (Å²) < 4.78 is 10.9. The molecular weight excluding hydrogens is 304 g/mol. The van der Waals surface area contributed by atoms with E-state index >= 15 is 0 Å². The predicted octanol–water partition coefficient (Wildman–Crippen LogP) is 1.84. The lowest BCUT2D eigenvalue weighted by Crippen LogP contribution is -2.37. The maximum absolute atomic E-state index is 5.47. The molecular formula is C18H30N4O2. The Balaban J connectivity index is 1.59. The molecule has 0 unspecified atom stereocenters. The van der Waals surface area contributed by atoms with Crippen LogP contribution in [0, 0.1) is 6.92 Å².